The number of benzene rings is 1. The van der Waals surface area contributed by atoms with E-state index in [1.54, 1.807) is 26.4 Å². The Morgan fingerprint density at radius 2 is 1.89 bits per heavy atom. The van der Waals surface area contributed by atoms with Crippen LogP contribution in [0.4, 0.5) is 0 Å². The fraction of sp³-hybridized carbons (Fsp3) is 0.462. The van der Waals surface area contributed by atoms with Gasteiger partial charge in [0.25, 0.3) is 0 Å². The zero-order valence-electron chi connectivity index (χ0n) is 11.2. The normalized spacial score (nSPS) is 11.5. The van der Waals surface area contributed by atoms with Crippen LogP contribution in [0, 0.1) is 4.91 Å². The van der Waals surface area contributed by atoms with E-state index < -0.39 is 12.0 Å². The van der Waals surface area contributed by atoms with Gasteiger partial charge < -0.3 is 14.2 Å². The van der Waals surface area contributed by atoms with Gasteiger partial charge in [-0.1, -0.05) is 11.2 Å². The Morgan fingerprint density at radius 1 is 1.21 bits per heavy atom. The molecule has 0 aromatic heterocycles. The van der Waals surface area contributed by atoms with Crippen LogP contribution in [-0.2, 0) is 16.0 Å². The van der Waals surface area contributed by atoms with Gasteiger partial charge in [0.1, 0.15) is 0 Å². The lowest BCUT2D eigenvalue weighted by molar-refractivity contribution is -0.142. The highest BCUT2D eigenvalue weighted by Crippen LogP contribution is 2.28. The fourth-order valence-electron chi connectivity index (χ4n) is 1.69. The molecule has 1 atom stereocenters. The van der Waals surface area contributed by atoms with Crippen LogP contribution in [0.3, 0.4) is 0 Å². The number of carbonyl (C=O) groups excluding carboxylic acids is 1. The zero-order valence-corrected chi connectivity index (χ0v) is 11.2. The second-order valence-electron chi connectivity index (χ2n) is 3.87. The van der Waals surface area contributed by atoms with E-state index in [2.05, 4.69) is 9.91 Å². The molecule has 6 nitrogen and oxygen atoms in total. The molecule has 1 aromatic rings. The molecule has 0 heterocycles. The molecule has 0 saturated carbocycles. The van der Waals surface area contributed by atoms with Crippen LogP contribution >= 0.6 is 0 Å². The molecule has 1 aromatic carbocycles. The average Bonchev–Trinajstić information content (AvgIpc) is 2.47. The number of ether oxygens (including phenoxy) is 3. The summed E-state index contributed by atoms with van der Waals surface area (Å²) >= 11 is 0. The van der Waals surface area contributed by atoms with Crippen molar-refractivity contribution in [1.29, 1.82) is 0 Å². The first-order valence-electron chi connectivity index (χ1n) is 5.77. The van der Waals surface area contributed by atoms with E-state index in [0.29, 0.717) is 24.3 Å². The Labute approximate surface area is 111 Å². The topological polar surface area (TPSA) is 74.2 Å². The van der Waals surface area contributed by atoms with Gasteiger partial charge in [-0.25, -0.2) is 4.79 Å². The zero-order chi connectivity index (χ0) is 14.3. The summed E-state index contributed by atoms with van der Waals surface area (Å²) in [6.07, 6.45) is 0.817. The van der Waals surface area contributed by atoms with E-state index in [0.717, 1.165) is 5.56 Å². The molecule has 0 N–H and O–H groups in total. The first kappa shape index (κ1) is 14.9. The highest BCUT2D eigenvalue weighted by Gasteiger charge is 2.19. The Kier molecular flexibility index (Phi) is 5.78. The molecular weight excluding hydrogens is 250 g/mol. The van der Waals surface area contributed by atoms with Crippen LogP contribution in [-0.4, -0.2) is 33.3 Å². The van der Waals surface area contributed by atoms with E-state index in [-0.39, 0.29) is 0 Å². The summed E-state index contributed by atoms with van der Waals surface area (Å²) in [5.74, 6) is 0.619. The summed E-state index contributed by atoms with van der Waals surface area (Å²) in [4.78, 5) is 21.8. The number of methoxy groups -OCH3 is 3. The van der Waals surface area contributed by atoms with Gasteiger partial charge in [-0.15, -0.1) is 4.91 Å². The average molecular weight is 267 g/mol. The first-order chi connectivity index (χ1) is 9.15. The summed E-state index contributed by atoms with van der Waals surface area (Å²) < 4.78 is 14.8. The Morgan fingerprint density at radius 3 is 2.42 bits per heavy atom. The minimum atomic E-state index is -0.974. The van der Waals surface area contributed by atoms with Gasteiger partial charge in [-0.3, -0.25) is 0 Å². The van der Waals surface area contributed by atoms with Gasteiger partial charge in [0, 0.05) is 0 Å². The molecule has 0 fully saturated rings. The number of nitrogens with zero attached hydrogens (tertiary/aromatic N) is 1. The SMILES string of the molecule is COC(=O)C(CCc1ccc(OC)c(OC)c1)N=O. The second-order valence-corrected chi connectivity index (χ2v) is 3.87. The van der Waals surface area contributed by atoms with Crippen molar-refractivity contribution in [2.75, 3.05) is 21.3 Å². The maximum absolute atomic E-state index is 11.2. The van der Waals surface area contributed by atoms with Crippen molar-refractivity contribution >= 4 is 5.97 Å². The summed E-state index contributed by atoms with van der Waals surface area (Å²) in [5, 5.41) is 2.77. The Balaban J connectivity index is 2.72. The molecule has 6 heteroatoms. The van der Waals surface area contributed by atoms with Crippen molar-refractivity contribution < 1.29 is 19.0 Å². The molecule has 0 spiro atoms. The van der Waals surface area contributed by atoms with Crippen molar-refractivity contribution in [2.45, 2.75) is 18.9 Å². The third-order valence-electron chi connectivity index (χ3n) is 2.75. The van der Waals surface area contributed by atoms with Gasteiger partial charge in [-0.05, 0) is 30.5 Å². The van der Waals surface area contributed by atoms with Crippen LogP contribution in [0.25, 0.3) is 0 Å². The third-order valence-corrected chi connectivity index (χ3v) is 2.75. The van der Waals surface area contributed by atoms with Gasteiger partial charge in [0.05, 0.1) is 21.3 Å². The van der Waals surface area contributed by atoms with Crippen LogP contribution in [0.1, 0.15) is 12.0 Å². The molecule has 0 amide bonds. The highest BCUT2D eigenvalue weighted by molar-refractivity contribution is 5.75. The van der Waals surface area contributed by atoms with E-state index in [9.17, 15) is 9.70 Å². The largest absolute Gasteiger partial charge is 0.493 e. The molecule has 1 rings (SSSR count). The van der Waals surface area contributed by atoms with Gasteiger partial charge in [0.15, 0.2) is 17.5 Å². The number of carbonyl (C=O) groups is 1. The summed E-state index contributed by atoms with van der Waals surface area (Å²) in [7, 11) is 4.34. The summed E-state index contributed by atoms with van der Waals surface area (Å²) in [6.45, 7) is 0. The maximum atomic E-state index is 11.2. The van der Waals surface area contributed by atoms with E-state index in [4.69, 9.17) is 9.47 Å². The highest BCUT2D eigenvalue weighted by atomic mass is 16.5. The van der Waals surface area contributed by atoms with E-state index in [1.807, 2.05) is 6.07 Å². The molecule has 0 bridgehead atoms. The maximum Gasteiger partial charge on any atom is 0.334 e. The molecule has 1 unspecified atom stereocenters. The van der Waals surface area contributed by atoms with E-state index in [1.165, 1.54) is 7.11 Å². The van der Waals surface area contributed by atoms with Crippen molar-refractivity contribution in [2.24, 2.45) is 5.18 Å². The lowest BCUT2D eigenvalue weighted by Crippen LogP contribution is -2.20. The molecule has 0 aliphatic heterocycles. The van der Waals surface area contributed by atoms with Crippen LogP contribution in [0.15, 0.2) is 23.4 Å². The van der Waals surface area contributed by atoms with Gasteiger partial charge in [-0.2, -0.15) is 0 Å². The number of hydrogen-bond acceptors (Lipinski definition) is 6. The Bertz CT molecular complexity index is 447. The first-order valence-corrected chi connectivity index (χ1v) is 5.77. The minimum absolute atomic E-state index is 0.297. The van der Waals surface area contributed by atoms with Crippen LogP contribution in [0.5, 0.6) is 11.5 Å². The molecule has 0 radical (unpaired) electrons. The number of nitroso groups, excluding NO2 is 1. The lowest BCUT2D eigenvalue weighted by Gasteiger charge is -2.10. The standard InChI is InChI=1S/C13H17NO5/c1-17-11-7-5-9(8-12(11)18-2)4-6-10(14-16)13(15)19-3/h5,7-8,10H,4,6H2,1-3H3. The molecular formula is C13H17NO5. The number of aryl methyl sites for hydroxylation is 1. The number of esters is 1. The van der Waals surface area contributed by atoms with Crippen molar-refractivity contribution in [3.05, 3.63) is 28.7 Å². The lowest BCUT2D eigenvalue weighted by atomic mass is 10.1. The molecule has 104 valence electrons. The Hall–Kier alpha value is -2.11. The minimum Gasteiger partial charge on any atom is -0.493 e. The van der Waals surface area contributed by atoms with E-state index >= 15 is 0 Å². The molecule has 0 aliphatic carbocycles. The van der Waals surface area contributed by atoms with Crippen molar-refractivity contribution in [3.8, 4) is 11.5 Å². The fourth-order valence-corrected chi connectivity index (χ4v) is 1.69. The van der Waals surface area contributed by atoms with Crippen LogP contribution < -0.4 is 9.47 Å². The molecule has 0 aliphatic rings. The predicted molar refractivity (Wildman–Crippen MR) is 69.5 cm³/mol. The summed E-state index contributed by atoms with van der Waals surface area (Å²) in [6, 6.07) is 4.45. The monoisotopic (exact) mass is 267 g/mol. The predicted octanol–water partition coefficient (Wildman–Crippen LogP) is 1.94. The second kappa shape index (κ2) is 7.35. The van der Waals surface area contributed by atoms with Crippen LogP contribution in [0.2, 0.25) is 0 Å². The number of hydrogen-bond donors (Lipinski definition) is 0. The quantitative estimate of drug-likeness (QED) is 0.557. The third kappa shape index (κ3) is 3.94. The number of rotatable bonds is 7. The van der Waals surface area contributed by atoms with Gasteiger partial charge in [0.2, 0.25) is 0 Å². The van der Waals surface area contributed by atoms with Crippen molar-refractivity contribution in [3.63, 3.8) is 0 Å². The van der Waals surface area contributed by atoms with Crippen molar-refractivity contribution in [1.82, 2.24) is 0 Å². The smallest absolute Gasteiger partial charge is 0.334 e. The molecule has 19 heavy (non-hydrogen) atoms. The molecule has 0 saturated heterocycles. The van der Waals surface area contributed by atoms with Gasteiger partial charge >= 0.3 is 5.97 Å². The summed E-state index contributed by atoms with van der Waals surface area (Å²) in [5.41, 5.74) is 0.926.